The second kappa shape index (κ2) is 19.1. The molecule has 17 nitrogen and oxygen atoms in total. The molecule has 0 aromatic carbocycles. The Bertz CT molecular complexity index is 1760. The van der Waals surface area contributed by atoms with Crippen LogP contribution in [0.5, 0.6) is 0 Å². The summed E-state index contributed by atoms with van der Waals surface area (Å²) in [6.07, 6.45) is 0. The van der Waals surface area contributed by atoms with Crippen LogP contribution >= 0.6 is 22.7 Å². The van der Waals surface area contributed by atoms with Gasteiger partial charge in [-0.25, -0.2) is 4.79 Å². The fourth-order valence-electron chi connectivity index (χ4n) is 5.81. The molecule has 0 unspecified atom stereocenters. The van der Waals surface area contributed by atoms with E-state index in [9.17, 15) is 39.4 Å². The summed E-state index contributed by atoms with van der Waals surface area (Å²) in [6, 6.07) is 2.83. The van der Waals surface area contributed by atoms with Crippen molar-refractivity contribution in [3.8, 4) is 0 Å². The van der Waals surface area contributed by atoms with Gasteiger partial charge < -0.3 is 34.9 Å². The molecule has 4 rings (SSSR count). The zero-order valence-electron chi connectivity index (χ0n) is 36.0. The average molecular weight is 839 g/mol. The number of piperazine rings is 2. The third-order valence-electron chi connectivity index (χ3n) is 9.41. The average Bonchev–Trinajstić information content (AvgIpc) is 3.74. The second-order valence-corrected chi connectivity index (χ2v) is 19.8. The number of nitrogens with zero attached hydrogens (tertiary/aromatic N) is 7. The van der Waals surface area contributed by atoms with E-state index in [4.69, 9.17) is 5.11 Å². The number of nitro groups is 2. The van der Waals surface area contributed by atoms with Gasteiger partial charge in [0.25, 0.3) is 17.3 Å². The van der Waals surface area contributed by atoms with E-state index in [1.165, 1.54) is 17.0 Å². The highest BCUT2D eigenvalue weighted by Crippen LogP contribution is 2.39. The normalized spacial score (nSPS) is 16.9. The smallest absolute Gasteiger partial charge is 0.353 e. The minimum absolute atomic E-state index is 0.0949. The van der Waals surface area contributed by atoms with Crippen LogP contribution in [0.2, 0.25) is 0 Å². The molecule has 4 heterocycles. The van der Waals surface area contributed by atoms with Crippen molar-refractivity contribution in [2.24, 2.45) is 0 Å². The Balaban J connectivity index is 0.000000325. The summed E-state index contributed by atoms with van der Waals surface area (Å²) in [7, 11) is 7.94. The fourth-order valence-corrected chi connectivity index (χ4v) is 7.96. The minimum Gasteiger partial charge on any atom is -0.477 e. The van der Waals surface area contributed by atoms with E-state index in [2.05, 4.69) is 10.2 Å². The number of likely N-dealkylation sites (N-methyl/N-ethyl adjacent to an activating group) is 2. The van der Waals surface area contributed by atoms with Gasteiger partial charge in [0, 0.05) is 74.2 Å². The zero-order valence-corrected chi connectivity index (χ0v) is 37.6. The summed E-state index contributed by atoms with van der Waals surface area (Å²) in [4.78, 5) is 80.5. The fraction of sp³-hybridized carbons (Fsp3) is 0.684. The number of hydrogen-bond acceptors (Lipinski definition) is 13. The SMILES string of the molecule is CC(C)(C)c1cc([N+](=O)[O-])c(C(=O)O)s1.CN(C)CCN1CCN(C(=O)c2sc(C(C)(C)C)cc2[N+](=O)[O-])C(C)(C)C1=O.CN(C)CCN1CCNC(C)(C)C1=O. The van der Waals surface area contributed by atoms with E-state index in [-0.39, 0.29) is 49.3 Å². The van der Waals surface area contributed by atoms with Crippen LogP contribution in [0.1, 0.15) is 98.3 Å². The van der Waals surface area contributed by atoms with Gasteiger partial charge in [-0.3, -0.25) is 34.6 Å². The van der Waals surface area contributed by atoms with Crippen LogP contribution in [0.4, 0.5) is 11.4 Å². The first-order valence-electron chi connectivity index (χ1n) is 18.7. The third-order valence-corrected chi connectivity index (χ3v) is 12.5. The molecule has 0 atom stereocenters. The van der Waals surface area contributed by atoms with Crippen molar-refractivity contribution in [3.63, 3.8) is 0 Å². The van der Waals surface area contributed by atoms with Crippen molar-refractivity contribution < 1.29 is 34.1 Å². The Morgan fingerprint density at radius 3 is 1.58 bits per heavy atom. The molecule has 2 saturated heterocycles. The van der Waals surface area contributed by atoms with Crippen molar-refractivity contribution in [2.75, 3.05) is 80.5 Å². The van der Waals surface area contributed by atoms with Crippen molar-refractivity contribution in [3.05, 3.63) is 51.9 Å². The largest absolute Gasteiger partial charge is 0.477 e. The number of rotatable bonds is 10. The molecular formula is C38H62N8O9S2. The molecule has 57 heavy (non-hydrogen) atoms. The number of hydrogen-bond donors (Lipinski definition) is 2. The molecule has 0 aliphatic carbocycles. The minimum atomic E-state index is -1.25. The van der Waals surface area contributed by atoms with Crippen LogP contribution in [-0.4, -0.2) is 155 Å². The van der Waals surface area contributed by atoms with E-state index in [0.29, 0.717) is 24.5 Å². The number of carboxylic acid groups (broad SMARTS) is 1. The molecule has 2 aliphatic heterocycles. The molecule has 2 fully saturated rings. The van der Waals surface area contributed by atoms with Crippen molar-refractivity contribution in [1.29, 1.82) is 0 Å². The van der Waals surface area contributed by atoms with Gasteiger partial charge in [-0.2, -0.15) is 0 Å². The summed E-state index contributed by atoms with van der Waals surface area (Å²) in [5.41, 5.74) is -2.52. The number of amides is 3. The van der Waals surface area contributed by atoms with E-state index in [1.54, 1.807) is 18.7 Å². The van der Waals surface area contributed by atoms with Gasteiger partial charge in [0.1, 0.15) is 5.54 Å². The summed E-state index contributed by atoms with van der Waals surface area (Å²) in [5, 5.41) is 34.2. The van der Waals surface area contributed by atoms with Crippen molar-refractivity contribution >= 4 is 57.7 Å². The zero-order chi connectivity index (χ0) is 44.0. The Morgan fingerprint density at radius 1 is 0.772 bits per heavy atom. The quantitative estimate of drug-likeness (QED) is 0.240. The molecule has 0 saturated carbocycles. The standard InChI is InChI=1S/C19H30N4O4S.C10H21N3O.C9H11NO4S/c1-18(2,3)14-12-13(23(26)27)15(28-14)16(24)22-11-10-21(9-8-20(6)7)17(25)19(22,4)5;1-10(2)9(14)13(6-5-11-10)8-7-12(3)4;1-9(2,3)6-4-5(10(13)14)7(15-6)8(11)12/h12H,8-11H2,1-7H3;11H,5-8H2,1-4H3;4H,1-3H3,(H,11,12). The maximum atomic E-state index is 13.3. The maximum Gasteiger partial charge on any atom is 0.353 e. The van der Waals surface area contributed by atoms with Gasteiger partial charge in [0.15, 0.2) is 9.75 Å². The van der Waals surface area contributed by atoms with Crippen molar-refractivity contribution in [2.45, 2.75) is 91.1 Å². The van der Waals surface area contributed by atoms with E-state index >= 15 is 0 Å². The molecule has 320 valence electrons. The van der Waals surface area contributed by atoms with Crippen LogP contribution < -0.4 is 5.32 Å². The number of carboxylic acids is 1. The van der Waals surface area contributed by atoms with Gasteiger partial charge in [-0.05, 0) is 66.7 Å². The van der Waals surface area contributed by atoms with Gasteiger partial charge in [-0.15, -0.1) is 22.7 Å². The lowest BCUT2D eigenvalue weighted by atomic mass is 9.94. The van der Waals surface area contributed by atoms with E-state index in [0.717, 1.165) is 60.3 Å². The van der Waals surface area contributed by atoms with E-state index < -0.39 is 27.3 Å². The Hall–Kier alpha value is -4.04. The predicted octanol–water partition coefficient (Wildman–Crippen LogP) is 4.99. The van der Waals surface area contributed by atoms with Gasteiger partial charge in [0.2, 0.25) is 11.8 Å². The Kier molecular flexibility index (Phi) is 16.5. The highest BCUT2D eigenvalue weighted by atomic mass is 32.1. The van der Waals surface area contributed by atoms with Gasteiger partial charge in [-0.1, -0.05) is 41.5 Å². The van der Waals surface area contributed by atoms with Crippen LogP contribution in [0.25, 0.3) is 0 Å². The first kappa shape index (κ1) is 49.1. The maximum absolute atomic E-state index is 13.3. The lowest BCUT2D eigenvalue weighted by Crippen LogP contribution is -2.65. The summed E-state index contributed by atoms with van der Waals surface area (Å²) in [6.45, 7) is 24.4. The first-order chi connectivity index (χ1) is 25.9. The molecule has 2 aliphatic rings. The lowest BCUT2D eigenvalue weighted by Gasteiger charge is -2.45. The van der Waals surface area contributed by atoms with Gasteiger partial charge >= 0.3 is 5.97 Å². The highest BCUT2D eigenvalue weighted by Gasteiger charge is 2.46. The number of nitrogens with one attached hydrogen (secondary N) is 1. The number of carbonyl (C=O) groups is 4. The summed E-state index contributed by atoms with van der Waals surface area (Å²) in [5.74, 6) is -1.62. The van der Waals surface area contributed by atoms with E-state index in [1.807, 2.05) is 93.4 Å². The highest BCUT2D eigenvalue weighted by molar-refractivity contribution is 7.15. The monoisotopic (exact) mass is 838 g/mol. The van der Waals surface area contributed by atoms with Crippen LogP contribution in [-0.2, 0) is 20.4 Å². The third kappa shape index (κ3) is 13.0. The summed E-state index contributed by atoms with van der Waals surface area (Å²) < 4.78 is 0. The molecule has 2 N–H and O–H groups in total. The number of thiophene rings is 2. The van der Waals surface area contributed by atoms with Crippen LogP contribution in [0, 0.1) is 20.2 Å². The molecule has 2 aromatic rings. The first-order valence-corrected chi connectivity index (χ1v) is 20.3. The van der Waals surface area contributed by atoms with Crippen LogP contribution in [0.15, 0.2) is 12.1 Å². The molecule has 19 heteroatoms. The van der Waals surface area contributed by atoms with Gasteiger partial charge in [0.05, 0.1) is 15.4 Å². The molecule has 3 amide bonds. The molecule has 0 bridgehead atoms. The number of carbonyl (C=O) groups excluding carboxylic acids is 3. The second-order valence-electron chi connectivity index (χ2n) is 17.7. The molecule has 0 spiro atoms. The molecular weight excluding hydrogens is 777 g/mol. The Morgan fingerprint density at radius 2 is 1.19 bits per heavy atom. The molecule has 0 radical (unpaired) electrons. The Labute approximate surface area is 344 Å². The van der Waals surface area contributed by atoms with Crippen molar-refractivity contribution in [1.82, 2.24) is 29.8 Å². The summed E-state index contributed by atoms with van der Waals surface area (Å²) >= 11 is 2.11. The van der Waals surface area contributed by atoms with Crippen LogP contribution in [0.3, 0.4) is 0 Å². The topological polar surface area (TPSA) is 203 Å². The lowest BCUT2D eigenvalue weighted by molar-refractivity contribution is -0.384. The predicted molar refractivity (Wildman–Crippen MR) is 224 cm³/mol. The number of aromatic carboxylic acids is 1. The molecule has 2 aromatic heterocycles.